The lowest BCUT2D eigenvalue weighted by molar-refractivity contribution is -0.140. The van der Waals surface area contributed by atoms with Crippen LogP contribution in [0.4, 0.5) is 4.79 Å². The highest BCUT2D eigenvalue weighted by molar-refractivity contribution is 5.82. The second kappa shape index (κ2) is 7.95. The average molecular weight is 258 g/mol. The van der Waals surface area contributed by atoms with E-state index < -0.39 is 18.0 Å². The van der Waals surface area contributed by atoms with Gasteiger partial charge in [-0.1, -0.05) is 27.7 Å². The molecule has 5 nitrogen and oxygen atoms in total. The van der Waals surface area contributed by atoms with E-state index >= 15 is 0 Å². The molecule has 2 amide bonds. The summed E-state index contributed by atoms with van der Waals surface area (Å²) < 4.78 is 0. The number of carboxylic acids is 1. The predicted molar refractivity (Wildman–Crippen MR) is 71.5 cm³/mol. The van der Waals surface area contributed by atoms with Crippen LogP contribution in [0, 0.1) is 11.8 Å². The number of amides is 2. The number of carbonyl (C=O) groups is 2. The Balaban J connectivity index is 4.12. The van der Waals surface area contributed by atoms with Gasteiger partial charge in [0.25, 0.3) is 0 Å². The molecule has 0 aliphatic carbocycles. The van der Waals surface area contributed by atoms with Gasteiger partial charge in [-0.15, -0.1) is 0 Å². The first-order valence-corrected chi connectivity index (χ1v) is 6.53. The smallest absolute Gasteiger partial charge is 0.326 e. The molecule has 2 atom stereocenters. The summed E-state index contributed by atoms with van der Waals surface area (Å²) >= 11 is 0. The van der Waals surface area contributed by atoms with Crippen LogP contribution >= 0.6 is 0 Å². The SMILES string of the molecule is CC(C)CCC(C)NC(=O)N[C@H](C(=O)O)C(C)C. The Hall–Kier alpha value is -1.26. The fourth-order valence-electron chi connectivity index (χ4n) is 1.58. The van der Waals surface area contributed by atoms with E-state index in [2.05, 4.69) is 24.5 Å². The van der Waals surface area contributed by atoms with E-state index in [1.807, 2.05) is 6.92 Å². The molecule has 5 heteroatoms. The number of aliphatic carboxylic acids is 1. The van der Waals surface area contributed by atoms with E-state index in [1.54, 1.807) is 13.8 Å². The molecule has 0 aromatic carbocycles. The molecule has 0 saturated heterocycles. The Morgan fingerprint density at radius 1 is 1.00 bits per heavy atom. The van der Waals surface area contributed by atoms with Crippen LogP contribution in [-0.4, -0.2) is 29.2 Å². The third kappa shape index (κ3) is 7.14. The third-order valence-corrected chi connectivity index (χ3v) is 2.77. The first-order chi connectivity index (χ1) is 8.23. The highest BCUT2D eigenvalue weighted by Crippen LogP contribution is 2.06. The van der Waals surface area contributed by atoms with Crippen molar-refractivity contribution in [2.75, 3.05) is 0 Å². The predicted octanol–water partition coefficient (Wildman–Crippen LogP) is 2.22. The molecule has 106 valence electrons. The van der Waals surface area contributed by atoms with E-state index in [9.17, 15) is 9.59 Å². The minimum absolute atomic E-state index is 0.0500. The molecule has 0 spiro atoms. The van der Waals surface area contributed by atoms with Crippen molar-refractivity contribution >= 4 is 12.0 Å². The van der Waals surface area contributed by atoms with Crippen molar-refractivity contribution in [3.63, 3.8) is 0 Å². The molecule has 0 saturated carbocycles. The van der Waals surface area contributed by atoms with Crippen molar-refractivity contribution in [3.8, 4) is 0 Å². The average Bonchev–Trinajstić information content (AvgIpc) is 2.22. The Morgan fingerprint density at radius 2 is 1.56 bits per heavy atom. The molecule has 18 heavy (non-hydrogen) atoms. The van der Waals surface area contributed by atoms with Gasteiger partial charge in [-0.3, -0.25) is 0 Å². The van der Waals surface area contributed by atoms with Crippen molar-refractivity contribution < 1.29 is 14.7 Å². The molecular formula is C13H26N2O3. The molecule has 0 bridgehead atoms. The van der Waals surface area contributed by atoms with Gasteiger partial charge in [-0.25, -0.2) is 9.59 Å². The number of urea groups is 1. The van der Waals surface area contributed by atoms with Crippen molar-refractivity contribution in [2.45, 2.75) is 59.5 Å². The highest BCUT2D eigenvalue weighted by Gasteiger charge is 2.23. The van der Waals surface area contributed by atoms with Gasteiger partial charge >= 0.3 is 12.0 Å². The molecule has 0 fully saturated rings. The minimum Gasteiger partial charge on any atom is -0.480 e. The summed E-state index contributed by atoms with van der Waals surface area (Å²) in [6, 6.07) is -1.20. The van der Waals surface area contributed by atoms with Crippen LogP contribution in [0.3, 0.4) is 0 Å². The van der Waals surface area contributed by atoms with E-state index in [1.165, 1.54) is 0 Å². The van der Waals surface area contributed by atoms with Gasteiger partial charge in [-0.2, -0.15) is 0 Å². The van der Waals surface area contributed by atoms with Gasteiger partial charge < -0.3 is 15.7 Å². The molecule has 1 unspecified atom stereocenters. The molecular weight excluding hydrogens is 232 g/mol. The summed E-state index contributed by atoms with van der Waals surface area (Å²) in [6.45, 7) is 9.72. The Kier molecular flexibility index (Phi) is 7.39. The highest BCUT2D eigenvalue weighted by atomic mass is 16.4. The van der Waals surface area contributed by atoms with Gasteiger partial charge in [0.05, 0.1) is 0 Å². The van der Waals surface area contributed by atoms with Crippen molar-refractivity contribution in [1.29, 1.82) is 0 Å². The van der Waals surface area contributed by atoms with Crippen LogP contribution in [-0.2, 0) is 4.79 Å². The second-order valence-electron chi connectivity index (χ2n) is 5.55. The lowest BCUT2D eigenvalue weighted by Gasteiger charge is -2.21. The number of nitrogens with one attached hydrogen (secondary N) is 2. The maximum Gasteiger partial charge on any atom is 0.326 e. The molecule has 0 aromatic rings. The van der Waals surface area contributed by atoms with Crippen LogP contribution in [0.15, 0.2) is 0 Å². The van der Waals surface area contributed by atoms with Gasteiger partial charge in [-0.05, 0) is 31.6 Å². The van der Waals surface area contributed by atoms with Gasteiger partial charge in [0.2, 0.25) is 0 Å². The fraction of sp³-hybridized carbons (Fsp3) is 0.846. The Bertz CT molecular complexity index is 277. The Morgan fingerprint density at radius 3 is 1.94 bits per heavy atom. The maximum absolute atomic E-state index is 11.6. The monoisotopic (exact) mass is 258 g/mol. The molecule has 0 radical (unpaired) electrons. The number of carbonyl (C=O) groups excluding carboxylic acids is 1. The number of hydrogen-bond donors (Lipinski definition) is 3. The second-order valence-corrected chi connectivity index (χ2v) is 5.55. The number of rotatable bonds is 7. The maximum atomic E-state index is 11.6. The zero-order chi connectivity index (χ0) is 14.3. The lowest BCUT2D eigenvalue weighted by atomic mass is 10.0. The topological polar surface area (TPSA) is 78.4 Å². The van der Waals surface area contributed by atoms with Crippen LogP contribution in [0.25, 0.3) is 0 Å². The minimum atomic E-state index is -1.00. The fourth-order valence-corrected chi connectivity index (χ4v) is 1.58. The van der Waals surface area contributed by atoms with E-state index in [0.29, 0.717) is 5.92 Å². The summed E-state index contributed by atoms with van der Waals surface area (Å²) in [5, 5.41) is 14.2. The van der Waals surface area contributed by atoms with Gasteiger partial charge in [0.1, 0.15) is 6.04 Å². The quantitative estimate of drug-likeness (QED) is 0.655. The van der Waals surface area contributed by atoms with E-state index in [4.69, 9.17) is 5.11 Å². The zero-order valence-corrected chi connectivity index (χ0v) is 12.0. The standard InChI is InChI=1S/C13H26N2O3/c1-8(2)6-7-10(5)14-13(18)15-11(9(3)4)12(16)17/h8-11H,6-7H2,1-5H3,(H,16,17)(H2,14,15,18)/t10?,11-/m0/s1. The normalized spacial score (nSPS) is 14.4. The summed E-state index contributed by atoms with van der Waals surface area (Å²) in [6.07, 6.45) is 1.93. The molecule has 0 aromatic heterocycles. The first kappa shape index (κ1) is 16.7. The molecule has 0 rings (SSSR count). The number of carboxylic acid groups (broad SMARTS) is 1. The summed E-state index contributed by atoms with van der Waals surface area (Å²) in [4.78, 5) is 22.6. The number of hydrogen-bond acceptors (Lipinski definition) is 2. The van der Waals surface area contributed by atoms with Gasteiger partial charge in [0.15, 0.2) is 0 Å². The summed E-state index contributed by atoms with van der Waals surface area (Å²) in [5.74, 6) is -0.547. The Labute approximate surface area is 109 Å². The van der Waals surface area contributed by atoms with Crippen molar-refractivity contribution in [1.82, 2.24) is 10.6 Å². The van der Waals surface area contributed by atoms with Gasteiger partial charge in [0, 0.05) is 6.04 Å². The lowest BCUT2D eigenvalue weighted by Crippen LogP contribution is -2.50. The summed E-state index contributed by atoms with van der Waals surface area (Å²) in [5.41, 5.74) is 0. The molecule has 0 aliphatic rings. The molecule has 0 aliphatic heterocycles. The zero-order valence-electron chi connectivity index (χ0n) is 12.0. The van der Waals surface area contributed by atoms with E-state index in [0.717, 1.165) is 12.8 Å². The van der Waals surface area contributed by atoms with Crippen molar-refractivity contribution in [2.24, 2.45) is 11.8 Å². The van der Waals surface area contributed by atoms with Crippen LogP contribution in [0.2, 0.25) is 0 Å². The first-order valence-electron chi connectivity index (χ1n) is 6.53. The van der Waals surface area contributed by atoms with Crippen LogP contribution in [0.5, 0.6) is 0 Å². The largest absolute Gasteiger partial charge is 0.480 e. The molecule has 3 N–H and O–H groups in total. The van der Waals surface area contributed by atoms with Crippen LogP contribution < -0.4 is 10.6 Å². The van der Waals surface area contributed by atoms with Crippen molar-refractivity contribution in [3.05, 3.63) is 0 Å². The third-order valence-electron chi connectivity index (χ3n) is 2.77. The molecule has 0 heterocycles. The van der Waals surface area contributed by atoms with Crippen LogP contribution in [0.1, 0.15) is 47.5 Å². The van der Waals surface area contributed by atoms with E-state index in [-0.39, 0.29) is 12.0 Å². The summed E-state index contributed by atoms with van der Waals surface area (Å²) in [7, 11) is 0.